The molecule has 2 rings (SSSR count). The second kappa shape index (κ2) is 5.24. The Morgan fingerprint density at radius 2 is 1.88 bits per heavy atom. The molecule has 0 spiro atoms. The van der Waals surface area contributed by atoms with E-state index in [0.717, 1.165) is 18.6 Å². The topological polar surface area (TPSA) is 20.2 Å². The number of aliphatic hydroxyl groups is 1. The van der Waals surface area contributed by atoms with Gasteiger partial charge < -0.3 is 5.11 Å². The quantitative estimate of drug-likeness (QED) is 0.804. The van der Waals surface area contributed by atoms with Crippen molar-refractivity contribution in [2.45, 2.75) is 43.1 Å². The van der Waals surface area contributed by atoms with E-state index < -0.39 is 0 Å². The van der Waals surface area contributed by atoms with E-state index in [1.54, 1.807) is 0 Å². The van der Waals surface area contributed by atoms with Gasteiger partial charge in [0.15, 0.2) is 0 Å². The molecule has 16 heavy (non-hydrogen) atoms. The van der Waals surface area contributed by atoms with E-state index >= 15 is 0 Å². The van der Waals surface area contributed by atoms with E-state index in [0.29, 0.717) is 5.92 Å². The highest BCUT2D eigenvalue weighted by atomic mass is 32.2. The van der Waals surface area contributed by atoms with Crippen LogP contribution in [0.5, 0.6) is 0 Å². The fourth-order valence-corrected chi connectivity index (χ4v) is 3.48. The third kappa shape index (κ3) is 2.80. The number of rotatable bonds is 4. The van der Waals surface area contributed by atoms with Gasteiger partial charge in [0.05, 0.1) is 5.60 Å². The lowest BCUT2D eigenvalue weighted by Crippen LogP contribution is -2.34. The van der Waals surface area contributed by atoms with Gasteiger partial charge in [0.2, 0.25) is 0 Å². The molecule has 88 valence electrons. The smallest absolute Gasteiger partial charge is 0.0681 e. The van der Waals surface area contributed by atoms with E-state index in [2.05, 4.69) is 31.2 Å². The van der Waals surface area contributed by atoms with Gasteiger partial charge in [0.1, 0.15) is 0 Å². The normalized spacial score (nSPS) is 20.9. The minimum absolute atomic E-state index is 0.387. The van der Waals surface area contributed by atoms with Crippen LogP contribution in [0.2, 0.25) is 0 Å². The van der Waals surface area contributed by atoms with E-state index in [-0.39, 0.29) is 5.60 Å². The van der Waals surface area contributed by atoms with Crippen LogP contribution in [0.15, 0.2) is 35.2 Å². The number of hydrogen-bond donors (Lipinski definition) is 1. The van der Waals surface area contributed by atoms with Gasteiger partial charge in [-0.1, -0.05) is 38.0 Å². The first-order valence-electron chi connectivity index (χ1n) is 6.11. The number of hydrogen-bond acceptors (Lipinski definition) is 2. The van der Waals surface area contributed by atoms with Crippen molar-refractivity contribution in [2.75, 3.05) is 5.75 Å². The van der Waals surface area contributed by atoms with Gasteiger partial charge in [-0.2, -0.15) is 0 Å². The van der Waals surface area contributed by atoms with Crippen molar-refractivity contribution < 1.29 is 5.11 Å². The Bertz CT molecular complexity index is 317. The summed E-state index contributed by atoms with van der Waals surface area (Å²) in [5, 5.41) is 10.4. The maximum absolute atomic E-state index is 10.4. The van der Waals surface area contributed by atoms with Crippen LogP contribution >= 0.6 is 11.8 Å². The summed E-state index contributed by atoms with van der Waals surface area (Å²) in [5.74, 6) is 1.40. The molecular formula is C14H20OS. The summed E-state index contributed by atoms with van der Waals surface area (Å²) in [7, 11) is 0. The molecule has 1 nitrogen and oxygen atoms in total. The van der Waals surface area contributed by atoms with Crippen molar-refractivity contribution in [1.29, 1.82) is 0 Å². The van der Waals surface area contributed by atoms with Crippen molar-refractivity contribution in [3.63, 3.8) is 0 Å². The summed E-state index contributed by atoms with van der Waals surface area (Å²) in [6.07, 6.45) is 4.36. The minimum Gasteiger partial charge on any atom is -0.390 e. The second-order valence-corrected chi connectivity index (χ2v) is 5.93. The summed E-state index contributed by atoms with van der Waals surface area (Å²) in [5.41, 5.74) is -0.387. The fourth-order valence-electron chi connectivity index (χ4n) is 2.37. The summed E-state index contributed by atoms with van der Waals surface area (Å²) in [6.45, 7) is 2.18. The van der Waals surface area contributed by atoms with E-state index in [9.17, 15) is 5.11 Å². The Morgan fingerprint density at radius 1 is 1.25 bits per heavy atom. The van der Waals surface area contributed by atoms with Crippen LogP contribution in [0, 0.1) is 5.92 Å². The predicted octanol–water partition coefficient (Wildman–Crippen LogP) is 3.72. The number of thioether (sulfide) groups is 1. The molecule has 0 heterocycles. The standard InChI is InChI=1S/C14H20OS/c1-12(14(15)9-5-6-10-14)11-16-13-7-3-2-4-8-13/h2-4,7-8,12,15H,5-6,9-11H2,1H3/t12-/m1/s1. The minimum atomic E-state index is -0.387. The Kier molecular flexibility index (Phi) is 3.93. The molecule has 1 aromatic carbocycles. The molecule has 1 saturated carbocycles. The third-order valence-electron chi connectivity index (χ3n) is 3.63. The molecule has 0 unspecified atom stereocenters. The maximum Gasteiger partial charge on any atom is 0.0681 e. The highest BCUT2D eigenvalue weighted by Crippen LogP contribution is 2.38. The third-order valence-corrected chi connectivity index (χ3v) is 4.90. The lowest BCUT2D eigenvalue weighted by molar-refractivity contribution is 0.00391. The van der Waals surface area contributed by atoms with Gasteiger partial charge in [-0.25, -0.2) is 0 Å². The maximum atomic E-state index is 10.4. The van der Waals surface area contributed by atoms with Crippen LogP contribution < -0.4 is 0 Å². The first kappa shape index (κ1) is 12.0. The Morgan fingerprint density at radius 3 is 2.50 bits per heavy atom. The van der Waals surface area contributed by atoms with Crippen LogP contribution in [-0.4, -0.2) is 16.5 Å². The zero-order chi connectivity index (χ0) is 11.4. The van der Waals surface area contributed by atoms with Gasteiger partial charge in [0.25, 0.3) is 0 Å². The zero-order valence-electron chi connectivity index (χ0n) is 9.86. The zero-order valence-corrected chi connectivity index (χ0v) is 10.7. The predicted molar refractivity (Wildman–Crippen MR) is 69.7 cm³/mol. The molecular weight excluding hydrogens is 216 g/mol. The molecule has 1 aliphatic carbocycles. The Hall–Kier alpha value is -0.470. The van der Waals surface area contributed by atoms with Crippen molar-refractivity contribution >= 4 is 11.8 Å². The first-order valence-corrected chi connectivity index (χ1v) is 7.09. The molecule has 0 aliphatic heterocycles. The lowest BCUT2D eigenvalue weighted by Gasteiger charge is -2.29. The average Bonchev–Trinajstić information content (AvgIpc) is 2.76. The fraction of sp³-hybridized carbons (Fsp3) is 0.571. The van der Waals surface area contributed by atoms with Gasteiger partial charge in [0, 0.05) is 10.6 Å². The molecule has 0 bridgehead atoms. The van der Waals surface area contributed by atoms with Crippen LogP contribution in [0.4, 0.5) is 0 Å². The summed E-state index contributed by atoms with van der Waals surface area (Å²) >= 11 is 1.85. The van der Waals surface area contributed by atoms with Crippen molar-refractivity contribution in [3.8, 4) is 0 Å². The molecule has 0 amide bonds. The molecule has 2 heteroatoms. The summed E-state index contributed by atoms with van der Waals surface area (Å²) in [4.78, 5) is 1.30. The van der Waals surface area contributed by atoms with Crippen LogP contribution in [0.25, 0.3) is 0 Å². The van der Waals surface area contributed by atoms with Crippen LogP contribution in [0.3, 0.4) is 0 Å². The Balaban J connectivity index is 1.86. The SMILES string of the molecule is C[C@H](CSc1ccccc1)C1(O)CCCC1. The molecule has 1 N–H and O–H groups in total. The van der Waals surface area contributed by atoms with Crippen molar-refractivity contribution in [2.24, 2.45) is 5.92 Å². The molecule has 0 aromatic heterocycles. The monoisotopic (exact) mass is 236 g/mol. The van der Waals surface area contributed by atoms with E-state index in [4.69, 9.17) is 0 Å². The van der Waals surface area contributed by atoms with Gasteiger partial charge in [-0.3, -0.25) is 0 Å². The van der Waals surface area contributed by atoms with Crippen LogP contribution in [0.1, 0.15) is 32.6 Å². The van der Waals surface area contributed by atoms with Crippen molar-refractivity contribution in [3.05, 3.63) is 30.3 Å². The highest BCUT2D eigenvalue weighted by Gasteiger charge is 2.36. The number of benzene rings is 1. The average molecular weight is 236 g/mol. The summed E-state index contributed by atoms with van der Waals surface area (Å²) in [6, 6.07) is 10.4. The highest BCUT2D eigenvalue weighted by molar-refractivity contribution is 7.99. The van der Waals surface area contributed by atoms with E-state index in [1.807, 2.05) is 17.8 Å². The largest absolute Gasteiger partial charge is 0.390 e. The summed E-state index contributed by atoms with van der Waals surface area (Å²) < 4.78 is 0. The molecule has 0 saturated heterocycles. The molecule has 1 atom stereocenters. The van der Waals surface area contributed by atoms with E-state index in [1.165, 1.54) is 17.7 Å². The first-order chi connectivity index (χ1) is 7.71. The van der Waals surface area contributed by atoms with Gasteiger partial charge in [-0.05, 0) is 30.9 Å². The van der Waals surface area contributed by atoms with Gasteiger partial charge in [-0.15, -0.1) is 11.8 Å². The lowest BCUT2D eigenvalue weighted by atomic mass is 9.89. The second-order valence-electron chi connectivity index (χ2n) is 4.84. The van der Waals surface area contributed by atoms with Crippen LogP contribution in [-0.2, 0) is 0 Å². The van der Waals surface area contributed by atoms with Gasteiger partial charge >= 0.3 is 0 Å². The molecule has 0 radical (unpaired) electrons. The van der Waals surface area contributed by atoms with Crippen molar-refractivity contribution in [1.82, 2.24) is 0 Å². The molecule has 1 aliphatic rings. The molecule has 1 aromatic rings. The molecule has 1 fully saturated rings. The Labute approximate surface area is 102 Å².